The van der Waals surface area contributed by atoms with E-state index in [-0.39, 0.29) is 5.41 Å². The van der Waals surface area contributed by atoms with Crippen LogP contribution in [0.3, 0.4) is 0 Å². The van der Waals surface area contributed by atoms with Gasteiger partial charge in [0.1, 0.15) is 0 Å². The summed E-state index contributed by atoms with van der Waals surface area (Å²) in [5, 5.41) is 5.91. The van der Waals surface area contributed by atoms with Crippen LogP contribution in [0.5, 0.6) is 0 Å². The number of hydrogen-bond donors (Lipinski definition) is 0. The van der Waals surface area contributed by atoms with E-state index in [1.54, 1.807) is 0 Å². The van der Waals surface area contributed by atoms with E-state index in [0.717, 1.165) is 38.9 Å². The van der Waals surface area contributed by atoms with Gasteiger partial charge in [0, 0.05) is 32.9 Å². The average Bonchev–Trinajstić information content (AvgIpc) is 3.33. The Hall–Kier alpha value is -5.80. The Labute approximate surface area is 267 Å². The van der Waals surface area contributed by atoms with E-state index >= 15 is 0 Å². The van der Waals surface area contributed by atoms with Crippen molar-refractivity contribution in [2.24, 2.45) is 0 Å². The summed E-state index contributed by atoms with van der Waals surface area (Å²) in [6.07, 6.45) is 0. The van der Waals surface area contributed by atoms with Crippen molar-refractivity contribution >= 4 is 49.8 Å². The average molecular weight is 588 g/mol. The Morgan fingerprint density at radius 1 is 0.522 bits per heavy atom. The summed E-state index contributed by atoms with van der Waals surface area (Å²) in [4.78, 5) is 13.1. The van der Waals surface area contributed by atoms with Crippen LogP contribution in [0, 0.1) is 0 Å². The minimum Gasteiger partial charge on any atom is -0.278 e. The maximum atomic E-state index is 5.45. The third-order valence-corrected chi connectivity index (χ3v) is 10.2. The van der Waals surface area contributed by atoms with Crippen LogP contribution in [0.1, 0.15) is 25.0 Å². The first-order valence-corrected chi connectivity index (χ1v) is 15.9. The fraction of sp³-hybridized carbons (Fsp3) is 0.0698. The normalized spacial score (nSPS) is 14.0. The fourth-order valence-electron chi connectivity index (χ4n) is 8.08. The third kappa shape index (κ3) is 3.32. The molecule has 7 aromatic carbocycles. The minimum absolute atomic E-state index is 0.0898. The van der Waals surface area contributed by atoms with Crippen molar-refractivity contribution in [3.8, 4) is 33.5 Å². The second kappa shape index (κ2) is 9.12. The van der Waals surface area contributed by atoms with E-state index in [1.807, 2.05) is 0 Å². The topological polar surface area (TPSA) is 29.0 Å². The first-order chi connectivity index (χ1) is 22.6. The van der Waals surface area contributed by atoms with Crippen LogP contribution in [0.2, 0.25) is 0 Å². The van der Waals surface area contributed by atoms with Crippen LogP contribution in [-0.4, -0.2) is 9.97 Å². The molecule has 2 aliphatic rings. The van der Waals surface area contributed by atoms with Gasteiger partial charge in [-0.25, -0.2) is 9.97 Å². The van der Waals surface area contributed by atoms with Crippen molar-refractivity contribution in [2.45, 2.75) is 19.3 Å². The van der Waals surface area contributed by atoms with Crippen molar-refractivity contribution in [3.63, 3.8) is 0 Å². The second-order valence-corrected chi connectivity index (χ2v) is 13.0. The van der Waals surface area contributed by atoms with Crippen LogP contribution in [0.15, 0.2) is 140 Å². The smallest absolute Gasteiger partial charge is 0.235 e. The summed E-state index contributed by atoms with van der Waals surface area (Å²) in [7, 11) is 0. The monoisotopic (exact) mass is 587 g/mol. The van der Waals surface area contributed by atoms with Crippen molar-refractivity contribution < 1.29 is 0 Å². The molecule has 0 saturated carbocycles. The second-order valence-electron chi connectivity index (χ2n) is 13.0. The molecule has 2 heterocycles. The number of aromatic nitrogens is 2. The highest BCUT2D eigenvalue weighted by Crippen LogP contribution is 2.59. The lowest BCUT2D eigenvalue weighted by atomic mass is 9.79. The number of para-hydroxylation sites is 1. The van der Waals surface area contributed by atoms with Gasteiger partial charge in [-0.1, -0.05) is 129 Å². The summed E-state index contributed by atoms with van der Waals surface area (Å²) < 4.78 is 0. The number of fused-ring (bicyclic) bond motifs is 9. The zero-order valence-corrected chi connectivity index (χ0v) is 25.6. The van der Waals surface area contributed by atoms with Gasteiger partial charge in [-0.2, -0.15) is 0 Å². The van der Waals surface area contributed by atoms with Gasteiger partial charge in [0.25, 0.3) is 0 Å². The van der Waals surface area contributed by atoms with Gasteiger partial charge in [-0.05, 0) is 62.7 Å². The number of nitrogens with zero attached hydrogens (tertiary/aromatic N) is 3. The number of anilines is 3. The van der Waals surface area contributed by atoms with Gasteiger partial charge < -0.3 is 0 Å². The van der Waals surface area contributed by atoms with E-state index in [1.165, 1.54) is 49.5 Å². The molecule has 46 heavy (non-hydrogen) atoms. The molecule has 1 aliphatic heterocycles. The number of benzene rings is 7. The summed E-state index contributed by atoms with van der Waals surface area (Å²) >= 11 is 0. The summed E-state index contributed by atoms with van der Waals surface area (Å²) in [5.41, 5.74) is 13.0. The molecule has 10 rings (SSSR count). The van der Waals surface area contributed by atoms with Gasteiger partial charge in [-0.3, -0.25) is 4.90 Å². The third-order valence-electron chi connectivity index (χ3n) is 10.2. The molecular formula is C43H29N3. The quantitative estimate of drug-likeness (QED) is 0.188. The Balaban J connectivity index is 1.33. The number of hydrogen-bond acceptors (Lipinski definition) is 3. The molecule has 0 unspecified atom stereocenters. The Kier molecular flexibility index (Phi) is 5.06. The molecule has 3 nitrogen and oxygen atoms in total. The van der Waals surface area contributed by atoms with Crippen molar-refractivity contribution in [1.82, 2.24) is 9.97 Å². The molecule has 0 atom stereocenters. The molecule has 1 aliphatic carbocycles. The van der Waals surface area contributed by atoms with Crippen LogP contribution in [0.4, 0.5) is 17.3 Å². The van der Waals surface area contributed by atoms with Crippen LogP contribution in [0.25, 0.3) is 66.0 Å². The van der Waals surface area contributed by atoms with E-state index in [4.69, 9.17) is 9.97 Å². The highest BCUT2D eigenvalue weighted by Gasteiger charge is 2.40. The number of rotatable bonds is 2. The Morgan fingerprint density at radius 2 is 1.24 bits per heavy atom. The molecule has 0 N–H and O–H groups in total. The zero-order valence-electron chi connectivity index (χ0n) is 25.6. The molecule has 3 heteroatoms. The maximum Gasteiger partial charge on any atom is 0.235 e. The molecule has 0 spiro atoms. The SMILES string of the molecule is CC1(C)c2ccccc2-c2c1cc1cccc3c1c2-c1ccccc1N3c1nc(-c2ccccc2)c2c(ccc3ccccc32)n1. The molecule has 0 fully saturated rings. The van der Waals surface area contributed by atoms with Crippen molar-refractivity contribution in [3.05, 3.63) is 151 Å². The van der Waals surface area contributed by atoms with E-state index in [0.29, 0.717) is 5.95 Å². The fourth-order valence-corrected chi connectivity index (χ4v) is 8.08. The van der Waals surface area contributed by atoms with Gasteiger partial charge in [0.15, 0.2) is 0 Å². The van der Waals surface area contributed by atoms with Gasteiger partial charge >= 0.3 is 0 Å². The largest absolute Gasteiger partial charge is 0.278 e. The lowest BCUT2D eigenvalue weighted by Gasteiger charge is -2.34. The first-order valence-electron chi connectivity index (χ1n) is 15.9. The molecule has 0 amide bonds. The lowest BCUT2D eigenvalue weighted by molar-refractivity contribution is 0.661. The van der Waals surface area contributed by atoms with Gasteiger partial charge in [-0.15, -0.1) is 0 Å². The highest BCUT2D eigenvalue weighted by molar-refractivity contribution is 6.19. The molecule has 0 saturated heterocycles. The first kappa shape index (κ1) is 25.5. The predicted molar refractivity (Wildman–Crippen MR) is 191 cm³/mol. The van der Waals surface area contributed by atoms with Crippen LogP contribution in [-0.2, 0) is 5.41 Å². The Morgan fingerprint density at radius 3 is 2.13 bits per heavy atom. The molecular weight excluding hydrogens is 558 g/mol. The summed E-state index contributed by atoms with van der Waals surface area (Å²) in [5.74, 6) is 0.675. The van der Waals surface area contributed by atoms with Gasteiger partial charge in [0.05, 0.1) is 22.6 Å². The summed E-state index contributed by atoms with van der Waals surface area (Å²) in [6.45, 7) is 4.72. The van der Waals surface area contributed by atoms with E-state index in [2.05, 4.69) is 158 Å². The lowest BCUT2D eigenvalue weighted by Crippen LogP contribution is -2.19. The van der Waals surface area contributed by atoms with Gasteiger partial charge in [0.2, 0.25) is 5.95 Å². The molecule has 8 aromatic rings. The van der Waals surface area contributed by atoms with Crippen molar-refractivity contribution in [2.75, 3.05) is 4.90 Å². The van der Waals surface area contributed by atoms with E-state index in [9.17, 15) is 0 Å². The van der Waals surface area contributed by atoms with Crippen molar-refractivity contribution in [1.29, 1.82) is 0 Å². The summed E-state index contributed by atoms with van der Waals surface area (Å²) in [6, 6.07) is 50.2. The molecule has 216 valence electrons. The van der Waals surface area contributed by atoms with Crippen LogP contribution >= 0.6 is 0 Å². The maximum absolute atomic E-state index is 5.45. The zero-order chi connectivity index (χ0) is 30.6. The minimum atomic E-state index is -0.0898. The molecule has 0 radical (unpaired) electrons. The van der Waals surface area contributed by atoms with Crippen LogP contribution < -0.4 is 4.90 Å². The predicted octanol–water partition coefficient (Wildman–Crippen LogP) is 11.4. The Bertz CT molecular complexity index is 2560. The molecule has 0 bridgehead atoms. The standard InChI is InChI=1S/C43H29N3/c1-43(2)32-20-10-8-18-30(32)38-33(43)25-28-16-12-22-36-37(28)40(38)31-19-9-11-21-35(31)46(36)42-44-34-24-23-26-13-6-7-17-29(26)39(34)41(45-42)27-14-4-3-5-15-27/h3-25H,1-2H3. The van der Waals surface area contributed by atoms with E-state index < -0.39 is 0 Å². The highest BCUT2D eigenvalue weighted by atomic mass is 15.3. The molecule has 1 aromatic heterocycles.